The van der Waals surface area contributed by atoms with Crippen LogP contribution >= 0.6 is 0 Å². The third-order valence-corrected chi connectivity index (χ3v) is 5.25. The molecule has 1 amide bonds. The summed E-state index contributed by atoms with van der Waals surface area (Å²) < 4.78 is 11.0. The highest BCUT2D eigenvalue weighted by atomic mass is 16.5. The van der Waals surface area contributed by atoms with Crippen molar-refractivity contribution in [1.82, 2.24) is 9.80 Å². The number of ketones is 1. The number of likely N-dealkylation sites (tertiary alicyclic amines) is 1. The van der Waals surface area contributed by atoms with Crippen LogP contribution in [0.4, 0.5) is 0 Å². The molecule has 2 aromatic rings. The topological polar surface area (TPSA) is 79.3 Å². The van der Waals surface area contributed by atoms with Gasteiger partial charge in [-0.15, -0.1) is 0 Å². The summed E-state index contributed by atoms with van der Waals surface area (Å²) >= 11 is 0. The molecule has 1 fully saturated rings. The van der Waals surface area contributed by atoms with Gasteiger partial charge in [0.05, 0.1) is 24.8 Å². The molecular weight excluding hydrogens is 408 g/mol. The number of aliphatic hydroxyl groups is 1. The summed E-state index contributed by atoms with van der Waals surface area (Å²) in [6.45, 7) is 5.73. The van der Waals surface area contributed by atoms with Crippen LogP contribution in [-0.2, 0) is 9.59 Å². The van der Waals surface area contributed by atoms with Crippen LogP contribution in [0.5, 0.6) is 11.5 Å². The molecule has 0 saturated carbocycles. The molecule has 7 nitrogen and oxygen atoms in total. The molecule has 0 radical (unpaired) electrons. The van der Waals surface area contributed by atoms with Crippen molar-refractivity contribution < 1.29 is 24.2 Å². The molecule has 3 rings (SSSR count). The maximum absolute atomic E-state index is 13.1. The second-order valence-corrected chi connectivity index (χ2v) is 7.76. The lowest BCUT2D eigenvalue weighted by molar-refractivity contribution is -0.140. The monoisotopic (exact) mass is 438 g/mol. The molecule has 0 aromatic heterocycles. The first-order chi connectivity index (χ1) is 15.4. The molecule has 1 aliphatic rings. The molecule has 7 heteroatoms. The van der Waals surface area contributed by atoms with E-state index in [9.17, 15) is 14.7 Å². The Morgan fingerprint density at radius 2 is 1.66 bits per heavy atom. The van der Waals surface area contributed by atoms with Crippen LogP contribution in [-0.4, -0.2) is 67.0 Å². The first-order valence-corrected chi connectivity index (χ1v) is 10.8. The van der Waals surface area contributed by atoms with Gasteiger partial charge in [0.15, 0.2) is 0 Å². The Labute approximate surface area is 188 Å². The fraction of sp³-hybridized carbons (Fsp3) is 0.360. The molecule has 170 valence electrons. The number of amides is 1. The SMILES string of the molecule is CCOc1ccc([C@@H]2C(=C(O)c3cccc(OCC)c3)C(=O)C(=O)N2CCN(C)C)cc1. The predicted molar refractivity (Wildman–Crippen MR) is 123 cm³/mol. The van der Waals surface area contributed by atoms with Gasteiger partial charge in [0.25, 0.3) is 11.7 Å². The quantitative estimate of drug-likeness (QED) is 0.367. The van der Waals surface area contributed by atoms with Gasteiger partial charge in [-0.05, 0) is 57.8 Å². The van der Waals surface area contributed by atoms with Gasteiger partial charge in [-0.2, -0.15) is 0 Å². The van der Waals surface area contributed by atoms with Crippen molar-refractivity contribution in [2.24, 2.45) is 0 Å². The molecular formula is C25H30N2O5. The van der Waals surface area contributed by atoms with Crippen LogP contribution in [0, 0.1) is 0 Å². The first kappa shape index (κ1) is 23.3. The van der Waals surface area contributed by atoms with Gasteiger partial charge in [0, 0.05) is 18.7 Å². The maximum atomic E-state index is 13.1. The van der Waals surface area contributed by atoms with Crippen LogP contribution in [0.1, 0.15) is 31.0 Å². The van der Waals surface area contributed by atoms with E-state index in [1.165, 1.54) is 4.90 Å². The maximum Gasteiger partial charge on any atom is 0.295 e. The number of ether oxygens (including phenoxy) is 2. The number of nitrogens with zero attached hydrogens (tertiary/aromatic N) is 2. The molecule has 1 heterocycles. The van der Waals surface area contributed by atoms with Crippen molar-refractivity contribution in [3.8, 4) is 11.5 Å². The minimum atomic E-state index is -0.693. The number of rotatable bonds is 9. The van der Waals surface area contributed by atoms with E-state index in [2.05, 4.69) is 0 Å². The summed E-state index contributed by atoms with van der Waals surface area (Å²) in [4.78, 5) is 29.5. The van der Waals surface area contributed by atoms with Gasteiger partial charge in [-0.25, -0.2) is 0 Å². The predicted octanol–water partition coefficient (Wildman–Crippen LogP) is 3.47. The highest BCUT2D eigenvalue weighted by Crippen LogP contribution is 2.40. The van der Waals surface area contributed by atoms with E-state index < -0.39 is 17.7 Å². The van der Waals surface area contributed by atoms with Crippen LogP contribution in [0.25, 0.3) is 5.76 Å². The molecule has 2 aromatic carbocycles. The molecule has 0 bridgehead atoms. The Balaban J connectivity index is 2.10. The van der Waals surface area contributed by atoms with Crippen molar-refractivity contribution in [1.29, 1.82) is 0 Å². The van der Waals surface area contributed by atoms with Gasteiger partial charge in [-0.1, -0.05) is 24.3 Å². The number of hydrogen-bond donors (Lipinski definition) is 1. The van der Waals surface area contributed by atoms with E-state index in [0.717, 1.165) is 5.56 Å². The standard InChI is InChI=1S/C25H30N2O5/c1-5-31-19-12-10-17(11-13-19)22-21(24(29)25(30)27(22)15-14-26(3)4)23(28)18-8-7-9-20(16-18)32-6-2/h7-13,16,22,28H,5-6,14-15H2,1-4H3/t22-/m1/s1. The van der Waals surface area contributed by atoms with E-state index in [0.29, 0.717) is 43.4 Å². The third-order valence-electron chi connectivity index (χ3n) is 5.25. The number of hydrogen-bond acceptors (Lipinski definition) is 6. The summed E-state index contributed by atoms with van der Waals surface area (Å²) in [7, 11) is 3.81. The fourth-order valence-corrected chi connectivity index (χ4v) is 3.73. The molecule has 0 unspecified atom stereocenters. The second-order valence-electron chi connectivity index (χ2n) is 7.76. The van der Waals surface area contributed by atoms with Crippen molar-refractivity contribution in [3.63, 3.8) is 0 Å². The smallest absolute Gasteiger partial charge is 0.295 e. The molecule has 1 saturated heterocycles. The zero-order valence-electron chi connectivity index (χ0n) is 19.0. The lowest BCUT2D eigenvalue weighted by Crippen LogP contribution is -2.35. The normalized spacial score (nSPS) is 17.8. The first-order valence-electron chi connectivity index (χ1n) is 10.8. The summed E-state index contributed by atoms with van der Waals surface area (Å²) in [6, 6.07) is 13.5. The highest BCUT2D eigenvalue weighted by Gasteiger charge is 2.45. The van der Waals surface area contributed by atoms with Crippen molar-refractivity contribution in [3.05, 3.63) is 65.2 Å². The minimum Gasteiger partial charge on any atom is -0.507 e. The summed E-state index contributed by atoms with van der Waals surface area (Å²) in [5, 5.41) is 11.2. The molecule has 1 atom stereocenters. The average molecular weight is 439 g/mol. The van der Waals surface area contributed by atoms with Crippen molar-refractivity contribution >= 4 is 17.4 Å². The molecule has 1 N–H and O–H groups in total. The Kier molecular flexibility index (Phi) is 7.53. The van der Waals surface area contributed by atoms with Crippen molar-refractivity contribution in [2.45, 2.75) is 19.9 Å². The van der Waals surface area contributed by atoms with Gasteiger partial charge >= 0.3 is 0 Å². The highest BCUT2D eigenvalue weighted by molar-refractivity contribution is 6.46. The van der Waals surface area contributed by atoms with E-state index in [4.69, 9.17) is 9.47 Å². The number of aliphatic hydroxyl groups excluding tert-OH is 1. The zero-order chi connectivity index (χ0) is 23.3. The lowest BCUT2D eigenvalue weighted by Gasteiger charge is -2.26. The molecule has 1 aliphatic heterocycles. The Morgan fingerprint density at radius 3 is 2.28 bits per heavy atom. The minimum absolute atomic E-state index is 0.0755. The van der Waals surface area contributed by atoms with Gasteiger partial charge < -0.3 is 24.4 Å². The lowest BCUT2D eigenvalue weighted by atomic mass is 9.95. The fourth-order valence-electron chi connectivity index (χ4n) is 3.73. The largest absolute Gasteiger partial charge is 0.507 e. The Morgan fingerprint density at radius 1 is 1.00 bits per heavy atom. The number of carbonyl (C=O) groups is 2. The second kappa shape index (κ2) is 10.3. The summed E-state index contributed by atoms with van der Waals surface area (Å²) in [5.74, 6) is -0.242. The van der Waals surface area contributed by atoms with Crippen LogP contribution in [0.2, 0.25) is 0 Å². The molecule has 0 spiro atoms. The van der Waals surface area contributed by atoms with Crippen molar-refractivity contribution in [2.75, 3.05) is 40.4 Å². The Bertz CT molecular complexity index is 998. The summed E-state index contributed by atoms with van der Waals surface area (Å²) in [5.41, 5.74) is 1.23. The van der Waals surface area contributed by atoms with E-state index in [1.807, 2.05) is 45.0 Å². The van der Waals surface area contributed by atoms with E-state index in [-0.39, 0.29) is 11.3 Å². The van der Waals surface area contributed by atoms with Gasteiger partial charge in [0.2, 0.25) is 0 Å². The van der Waals surface area contributed by atoms with E-state index in [1.54, 1.807) is 36.4 Å². The van der Waals surface area contributed by atoms with E-state index >= 15 is 0 Å². The van der Waals surface area contributed by atoms with Crippen LogP contribution < -0.4 is 9.47 Å². The zero-order valence-corrected chi connectivity index (χ0v) is 19.0. The number of carbonyl (C=O) groups excluding carboxylic acids is 2. The summed E-state index contributed by atoms with van der Waals surface area (Å²) in [6.07, 6.45) is 0. The number of benzene rings is 2. The Hall–Kier alpha value is -3.32. The number of likely N-dealkylation sites (N-methyl/N-ethyl adjacent to an activating group) is 1. The molecule has 32 heavy (non-hydrogen) atoms. The third kappa shape index (κ3) is 4.94. The average Bonchev–Trinajstić information content (AvgIpc) is 3.03. The molecule has 0 aliphatic carbocycles. The van der Waals surface area contributed by atoms with Crippen LogP contribution in [0.15, 0.2) is 54.1 Å². The van der Waals surface area contributed by atoms with Gasteiger partial charge in [0.1, 0.15) is 17.3 Å². The van der Waals surface area contributed by atoms with Gasteiger partial charge in [-0.3, -0.25) is 9.59 Å². The number of Topliss-reactive ketones (excluding diaryl/α,β-unsaturated/α-hetero) is 1. The van der Waals surface area contributed by atoms with Crippen LogP contribution in [0.3, 0.4) is 0 Å².